The van der Waals surface area contributed by atoms with Crippen LogP contribution in [0.5, 0.6) is 5.75 Å². The van der Waals surface area contributed by atoms with Crippen LogP contribution >= 0.6 is 0 Å². The van der Waals surface area contributed by atoms with Crippen LogP contribution in [0.3, 0.4) is 0 Å². The number of nitrogens with zero attached hydrogens (tertiary/aromatic N) is 3. The molecule has 0 bridgehead atoms. The molecule has 2 fully saturated rings. The summed E-state index contributed by atoms with van der Waals surface area (Å²) in [5.74, 6) is -0.0212. The summed E-state index contributed by atoms with van der Waals surface area (Å²) in [6, 6.07) is 4.54. The van der Waals surface area contributed by atoms with E-state index in [9.17, 15) is 31.2 Å². The van der Waals surface area contributed by atoms with Gasteiger partial charge in [0.05, 0.1) is 29.9 Å². The van der Waals surface area contributed by atoms with E-state index >= 15 is 0 Å². The van der Waals surface area contributed by atoms with Crippen LogP contribution in [-0.4, -0.2) is 47.9 Å². The van der Waals surface area contributed by atoms with E-state index in [1.165, 1.54) is 17.3 Å². The molecule has 1 aliphatic carbocycles. The maximum absolute atomic E-state index is 13.2. The van der Waals surface area contributed by atoms with Crippen LogP contribution in [-0.2, 0) is 21.2 Å². The monoisotopic (exact) mass is 469 g/mol. The van der Waals surface area contributed by atoms with Gasteiger partial charge in [0, 0.05) is 11.8 Å². The first-order valence-electron chi connectivity index (χ1n) is 9.66. The molecule has 3 amide bonds. The SMILES string of the molecule is CCOc1cnccc1CN1C(=O)N(c2ccc(S(=O)(=O)C(F)(F)F)cc2)C(=O)C12CC2. The predicted octanol–water partition coefficient (Wildman–Crippen LogP) is 3.28. The fourth-order valence-corrected chi connectivity index (χ4v) is 4.43. The highest BCUT2D eigenvalue weighted by Crippen LogP contribution is 2.50. The normalized spacial score (nSPS) is 17.9. The summed E-state index contributed by atoms with van der Waals surface area (Å²) >= 11 is 0. The molecule has 0 N–H and O–H groups in total. The van der Waals surface area contributed by atoms with E-state index in [1.807, 2.05) is 0 Å². The standard InChI is InChI=1S/C20H18F3N3O5S/c1-2-31-16-11-24-10-7-13(16)12-25-18(28)26(17(27)19(25)8-9-19)14-3-5-15(6-4-14)32(29,30)20(21,22)23/h3-7,10-11H,2,8-9,12H2,1H3. The van der Waals surface area contributed by atoms with Gasteiger partial charge >= 0.3 is 11.5 Å². The molecule has 0 radical (unpaired) electrons. The van der Waals surface area contributed by atoms with Crippen LogP contribution < -0.4 is 9.64 Å². The van der Waals surface area contributed by atoms with Crippen molar-refractivity contribution < 1.29 is 35.9 Å². The molecule has 12 heteroatoms. The fourth-order valence-electron chi connectivity index (χ4n) is 3.67. The van der Waals surface area contributed by atoms with Gasteiger partial charge in [0.1, 0.15) is 11.3 Å². The van der Waals surface area contributed by atoms with Crippen molar-refractivity contribution in [1.29, 1.82) is 0 Å². The zero-order valence-electron chi connectivity index (χ0n) is 16.8. The number of ether oxygens (including phenoxy) is 1. The Morgan fingerprint density at radius 1 is 1.12 bits per heavy atom. The third kappa shape index (κ3) is 3.38. The van der Waals surface area contributed by atoms with Gasteiger partial charge in [0.15, 0.2) is 0 Å². The second-order valence-corrected chi connectivity index (χ2v) is 9.34. The van der Waals surface area contributed by atoms with Crippen molar-refractivity contribution >= 4 is 27.5 Å². The van der Waals surface area contributed by atoms with E-state index in [4.69, 9.17) is 4.74 Å². The molecular weight excluding hydrogens is 451 g/mol. The summed E-state index contributed by atoms with van der Waals surface area (Å²) < 4.78 is 67.0. The number of carbonyl (C=O) groups is 2. The molecule has 32 heavy (non-hydrogen) atoms. The molecule has 1 saturated carbocycles. The lowest BCUT2D eigenvalue weighted by molar-refractivity contribution is -0.120. The largest absolute Gasteiger partial charge is 0.501 e. The molecule has 1 saturated heterocycles. The van der Waals surface area contributed by atoms with Crippen LogP contribution in [0.1, 0.15) is 25.3 Å². The number of halogens is 3. The third-order valence-electron chi connectivity index (χ3n) is 5.47. The van der Waals surface area contributed by atoms with E-state index < -0.39 is 37.7 Å². The molecular formula is C20H18F3N3O5S. The Kier molecular flexibility index (Phi) is 5.15. The summed E-state index contributed by atoms with van der Waals surface area (Å²) in [5, 5.41) is 0. The second kappa shape index (κ2) is 7.47. The lowest BCUT2D eigenvalue weighted by atomic mass is 10.2. The Morgan fingerprint density at radius 3 is 2.34 bits per heavy atom. The molecule has 2 heterocycles. The molecule has 1 aromatic carbocycles. The Morgan fingerprint density at radius 2 is 1.78 bits per heavy atom. The van der Waals surface area contributed by atoms with Crippen molar-refractivity contribution in [3.63, 3.8) is 0 Å². The van der Waals surface area contributed by atoms with Gasteiger partial charge in [-0.1, -0.05) is 0 Å². The molecule has 2 aliphatic rings. The van der Waals surface area contributed by atoms with Gasteiger partial charge in [-0.05, 0) is 50.1 Å². The van der Waals surface area contributed by atoms with Crippen LogP contribution in [0.2, 0.25) is 0 Å². The van der Waals surface area contributed by atoms with Gasteiger partial charge in [-0.3, -0.25) is 9.78 Å². The number of amides is 3. The lowest BCUT2D eigenvalue weighted by Crippen LogP contribution is -2.36. The zero-order valence-corrected chi connectivity index (χ0v) is 17.6. The Labute approximate surface area is 181 Å². The van der Waals surface area contributed by atoms with Crippen LogP contribution in [0.15, 0.2) is 47.6 Å². The molecule has 1 aliphatic heterocycles. The number of sulfone groups is 1. The number of alkyl halides is 3. The van der Waals surface area contributed by atoms with E-state index in [1.54, 1.807) is 13.0 Å². The number of aromatic nitrogens is 1. The maximum atomic E-state index is 13.2. The summed E-state index contributed by atoms with van der Waals surface area (Å²) in [5.41, 5.74) is -5.83. The summed E-state index contributed by atoms with van der Waals surface area (Å²) in [7, 11) is -5.53. The van der Waals surface area contributed by atoms with E-state index in [2.05, 4.69) is 4.98 Å². The first kappa shape index (κ1) is 22.1. The van der Waals surface area contributed by atoms with Crippen LogP contribution in [0, 0.1) is 0 Å². The average Bonchev–Trinajstić information content (AvgIpc) is 3.51. The van der Waals surface area contributed by atoms with E-state index in [0.29, 0.717) is 30.8 Å². The number of pyridine rings is 1. The van der Waals surface area contributed by atoms with Gasteiger partial charge in [0.25, 0.3) is 15.7 Å². The first-order valence-corrected chi connectivity index (χ1v) is 11.1. The van der Waals surface area contributed by atoms with Gasteiger partial charge in [0.2, 0.25) is 0 Å². The maximum Gasteiger partial charge on any atom is 0.501 e. The van der Waals surface area contributed by atoms with Crippen molar-refractivity contribution in [3.05, 3.63) is 48.3 Å². The number of hydrogen-bond donors (Lipinski definition) is 0. The highest BCUT2D eigenvalue weighted by molar-refractivity contribution is 7.92. The molecule has 2 aromatic rings. The topological polar surface area (TPSA) is 96.9 Å². The van der Waals surface area contributed by atoms with Crippen molar-refractivity contribution in [2.75, 3.05) is 11.5 Å². The highest BCUT2D eigenvalue weighted by Gasteiger charge is 2.65. The molecule has 4 rings (SSSR count). The second-order valence-electron chi connectivity index (χ2n) is 7.40. The number of benzene rings is 1. The van der Waals surface area contributed by atoms with Crippen molar-refractivity contribution in [3.8, 4) is 5.75 Å². The number of urea groups is 1. The Bertz CT molecular complexity index is 1180. The first-order chi connectivity index (χ1) is 15.0. The molecule has 0 unspecified atom stereocenters. The molecule has 8 nitrogen and oxygen atoms in total. The minimum Gasteiger partial charge on any atom is -0.492 e. The fraction of sp³-hybridized carbons (Fsp3) is 0.350. The highest BCUT2D eigenvalue weighted by atomic mass is 32.2. The average molecular weight is 469 g/mol. The summed E-state index contributed by atoms with van der Waals surface area (Å²) in [6.45, 7) is 2.27. The van der Waals surface area contributed by atoms with Gasteiger partial charge in [-0.2, -0.15) is 13.2 Å². The Balaban J connectivity index is 1.64. The van der Waals surface area contributed by atoms with Gasteiger partial charge in [-0.15, -0.1) is 0 Å². The number of anilines is 1. The van der Waals surface area contributed by atoms with Crippen LogP contribution in [0.25, 0.3) is 0 Å². The smallest absolute Gasteiger partial charge is 0.492 e. The predicted molar refractivity (Wildman–Crippen MR) is 105 cm³/mol. The van der Waals surface area contributed by atoms with E-state index in [0.717, 1.165) is 29.2 Å². The minimum atomic E-state index is -5.53. The molecule has 1 spiro atoms. The summed E-state index contributed by atoms with van der Waals surface area (Å²) in [6.07, 6.45) is 3.95. The zero-order chi connectivity index (χ0) is 23.3. The molecule has 1 aromatic heterocycles. The molecule has 170 valence electrons. The number of rotatable bonds is 6. The number of carbonyl (C=O) groups excluding carboxylic acids is 2. The van der Waals surface area contributed by atoms with Crippen molar-refractivity contribution in [2.24, 2.45) is 0 Å². The van der Waals surface area contributed by atoms with Crippen LogP contribution in [0.4, 0.5) is 23.7 Å². The van der Waals surface area contributed by atoms with Gasteiger partial charge in [-0.25, -0.2) is 18.1 Å². The van der Waals surface area contributed by atoms with Crippen molar-refractivity contribution in [1.82, 2.24) is 9.88 Å². The minimum absolute atomic E-state index is 0.00494. The molecule has 0 atom stereocenters. The summed E-state index contributed by atoms with van der Waals surface area (Å²) in [4.78, 5) is 31.5. The number of imide groups is 1. The number of hydrogen-bond acceptors (Lipinski definition) is 6. The van der Waals surface area contributed by atoms with Gasteiger partial charge < -0.3 is 9.64 Å². The van der Waals surface area contributed by atoms with E-state index in [-0.39, 0.29) is 12.2 Å². The van der Waals surface area contributed by atoms with Crippen molar-refractivity contribution in [2.45, 2.75) is 42.3 Å². The lowest BCUT2D eigenvalue weighted by Gasteiger charge is -2.22. The quantitative estimate of drug-likeness (QED) is 0.603. The third-order valence-corrected chi connectivity index (χ3v) is 6.97. The Hall–Kier alpha value is -3.15.